The van der Waals surface area contributed by atoms with Crippen molar-refractivity contribution in [1.29, 1.82) is 0 Å². The number of hydrogen-bond acceptors (Lipinski definition) is 3. The lowest BCUT2D eigenvalue weighted by molar-refractivity contribution is 0.470. The van der Waals surface area contributed by atoms with Gasteiger partial charge in [-0.2, -0.15) is 0 Å². The molecular formula is C17H23BrN2S. The van der Waals surface area contributed by atoms with Crippen LogP contribution in [0.3, 0.4) is 0 Å². The molecule has 2 rings (SSSR count). The lowest BCUT2D eigenvalue weighted by Gasteiger charge is -2.16. The van der Waals surface area contributed by atoms with Crippen molar-refractivity contribution < 1.29 is 0 Å². The highest BCUT2D eigenvalue weighted by Gasteiger charge is 2.13. The van der Waals surface area contributed by atoms with Crippen molar-refractivity contribution in [2.45, 2.75) is 33.1 Å². The van der Waals surface area contributed by atoms with E-state index in [9.17, 15) is 0 Å². The maximum absolute atomic E-state index is 4.62. The monoisotopic (exact) mass is 366 g/mol. The van der Waals surface area contributed by atoms with Crippen molar-refractivity contribution in [2.24, 2.45) is 5.92 Å². The molecule has 0 amide bonds. The molecule has 4 heteroatoms. The van der Waals surface area contributed by atoms with Gasteiger partial charge in [-0.3, -0.25) is 0 Å². The molecule has 0 aliphatic rings. The second-order valence-electron chi connectivity index (χ2n) is 5.49. The molecule has 1 heterocycles. The van der Waals surface area contributed by atoms with Crippen LogP contribution >= 0.6 is 27.3 Å². The first-order valence-electron chi connectivity index (χ1n) is 7.53. The highest BCUT2D eigenvalue weighted by molar-refractivity contribution is 9.10. The zero-order valence-electron chi connectivity index (χ0n) is 12.7. The average molecular weight is 367 g/mol. The number of aromatic nitrogens is 1. The Bertz CT molecular complexity index is 536. The Morgan fingerprint density at radius 2 is 2.00 bits per heavy atom. The maximum atomic E-state index is 4.62. The van der Waals surface area contributed by atoms with Crippen molar-refractivity contribution in [3.8, 4) is 0 Å². The zero-order chi connectivity index (χ0) is 15.1. The molecule has 0 saturated carbocycles. The molecule has 1 atom stereocenters. The van der Waals surface area contributed by atoms with Crippen LogP contribution in [0.4, 0.5) is 0 Å². The quantitative estimate of drug-likeness (QED) is 0.689. The molecule has 114 valence electrons. The Labute approximate surface area is 140 Å². The molecule has 1 N–H and O–H groups in total. The van der Waals surface area contributed by atoms with Gasteiger partial charge in [0.25, 0.3) is 0 Å². The fourth-order valence-electron chi connectivity index (χ4n) is 2.40. The first-order chi connectivity index (χ1) is 10.2. The summed E-state index contributed by atoms with van der Waals surface area (Å²) in [6, 6.07) is 8.67. The summed E-state index contributed by atoms with van der Waals surface area (Å²) in [4.78, 5) is 4.62. The van der Waals surface area contributed by atoms with Gasteiger partial charge < -0.3 is 5.32 Å². The second kappa shape index (κ2) is 8.66. The lowest BCUT2D eigenvalue weighted by Crippen LogP contribution is -2.26. The first kappa shape index (κ1) is 16.7. The molecule has 0 spiro atoms. The van der Waals surface area contributed by atoms with Crippen LogP contribution in [0, 0.1) is 12.8 Å². The number of aryl methyl sites for hydroxylation is 1. The minimum Gasteiger partial charge on any atom is -0.316 e. The number of hydrogen-bond donors (Lipinski definition) is 1. The predicted octanol–water partition coefficient (Wildman–Crippen LogP) is 4.62. The van der Waals surface area contributed by atoms with Gasteiger partial charge in [0, 0.05) is 22.0 Å². The van der Waals surface area contributed by atoms with Crippen molar-refractivity contribution in [3.05, 3.63) is 50.4 Å². The van der Waals surface area contributed by atoms with Gasteiger partial charge in [-0.15, -0.1) is 11.3 Å². The minimum absolute atomic E-state index is 0.600. The van der Waals surface area contributed by atoms with Crippen molar-refractivity contribution in [1.82, 2.24) is 10.3 Å². The van der Waals surface area contributed by atoms with Crippen LogP contribution in [0.1, 0.15) is 29.6 Å². The van der Waals surface area contributed by atoms with Crippen molar-refractivity contribution in [2.75, 3.05) is 13.1 Å². The summed E-state index contributed by atoms with van der Waals surface area (Å²) < 4.78 is 1.14. The molecule has 2 nitrogen and oxygen atoms in total. The highest BCUT2D eigenvalue weighted by atomic mass is 79.9. The summed E-state index contributed by atoms with van der Waals surface area (Å²) in [7, 11) is 0. The predicted molar refractivity (Wildman–Crippen MR) is 95.1 cm³/mol. The van der Waals surface area contributed by atoms with Gasteiger partial charge in [0.1, 0.15) is 0 Å². The molecule has 0 aliphatic heterocycles. The minimum atomic E-state index is 0.600. The van der Waals surface area contributed by atoms with E-state index in [2.05, 4.69) is 69.7 Å². The smallest absolute Gasteiger partial charge is 0.0931 e. The van der Waals surface area contributed by atoms with E-state index in [-0.39, 0.29) is 0 Å². The molecule has 1 unspecified atom stereocenters. The molecule has 0 fully saturated rings. The molecule has 21 heavy (non-hydrogen) atoms. The largest absolute Gasteiger partial charge is 0.316 e. The number of nitrogens with zero attached hydrogens (tertiary/aromatic N) is 1. The Morgan fingerprint density at radius 3 is 2.62 bits per heavy atom. The van der Waals surface area contributed by atoms with Gasteiger partial charge in [0.05, 0.1) is 5.01 Å². The van der Waals surface area contributed by atoms with E-state index in [0.717, 1.165) is 36.1 Å². The fourth-order valence-corrected chi connectivity index (χ4v) is 3.55. The van der Waals surface area contributed by atoms with Crippen LogP contribution in [0.25, 0.3) is 0 Å². The van der Waals surface area contributed by atoms with E-state index in [1.165, 1.54) is 17.0 Å². The van der Waals surface area contributed by atoms with Gasteiger partial charge in [-0.25, -0.2) is 4.98 Å². The zero-order valence-corrected chi connectivity index (χ0v) is 15.1. The number of thiazole rings is 1. The van der Waals surface area contributed by atoms with Crippen LogP contribution in [0.15, 0.2) is 34.1 Å². The molecule has 1 aromatic heterocycles. The van der Waals surface area contributed by atoms with Crippen LogP contribution in [0.5, 0.6) is 0 Å². The van der Waals surface area contributed by atoms with Gasteiger partial charge in [0.2, 0.25) is 0 Å². The van der Waals surface area contributed by atoms with Crippen molar-refractivity contribution >= 4 is 27.3 Å². The topological polar surface area (TPSA) is 24.9 Å². The Hall–Kier alpha value is -0.710. The van der Waals surface area contributed by atoms with E-state index < -0.39 is 0 Å². The van der Waals surface area contributed by atoms with E-state index in [1.807, 2.05) is 0 Å². The van der Waals surface area contributed by atoms with Gasteiger partial charge in [0.15, 0.2) is 0 Å². The Balaban J connectivity index is 1.98. The Kier molecular flexibility index (Phi) is 6.87. The van der Waals surface area contributed by atoms with Crippen LogP contribution < -0.4 is 5.32 Å². The van der Waals surface area contributed by atoms with Crippen molar-refractivity contribution in [3.63, 3.8) is 0 Å². The van der Waals surface area contributed by atoms with E-state index in [1.54, 1.807) is 11.3 Å². The number of rotatable bonds is 8. The van der Waals surface area contributed by atoms with E-state index in [0.29, 0.717) is 5.92 Å². The highest BCUT2D eigenvalue weighted by Crippen LogP contribution is 2.19. The van der Waals surface area contributed by atoms with E-state index in [4.69, 9.17) is 0 Å². The average Bonchev–Trinajstić information content (AvgIpc) is 2.87. The van der Waals surface area contributed by atoms with E-state index >= 15 is 0 Å². The third kappa shape index (κ3) is 5.89. The Morgan fingerprint density at radius 1 is 1.24 bits per heavy atom. The van der Waals surface area contributed by atoms with Gasteiger partial charge in [-0.05, 0) is 56.5 Å². The standard InChI is InChI=1S/C17H23BrN2S/c1-3-8-19-11-15(10-17-20-13(2)12-21-17)9-14-4-6-16(18)7-5-14/h4-7,12,15,19H,3,8-11H2,1-2H3. The third-order valence-electron chi connectivity index (χ3n) is 3.43. The fraction of sp³-hybridized carbons (Fsp3) is 0.471. The molecule has 0 bridgehead atoms. The molecule has 2 aromatic rings. The molecule has 1 aromatic carbocycles. The number of halogens is 1. The van der Waals surface area contributed by atoms with Crippen LogP contribution in [0.2, 0.25) is 0 Å². The summed E-state index contributed by atoms with van der Waals surface area (Å²) in [6.45, 7) is 6.43. The summed E-state index contributed by atoms with van der Waals surface area (Å²) in [5.41, 5.74) is 2.54. The molecule has 0 saturated heterocycles. The second-order valence-corrected chi connectivity index (χ2v) is 7.35. The van der Waals surface area contributed by atoms with Gasteiger partial charge >= 0.3 is 0 Å². The summed E-state index contributed by atoms with van der Waals surface area (Å²) in [6.07, 6.45) is 3.34. The molecule has 0 radical (unpaired) electrons. The lowest BCUT2D eigenvalue weighted by atomic mass is 9.96. The molecular weight excluding hydrogens is 344 g/mol. The summed E-state index contributed by atoms with van der Waals surface area (Å²) in [5, 5.41) is 6.96. The van der Waals surface area contributed by atoms with Gasteiger partial charge in [-0.1, -0.05) is 35.0 Å². The SMILES string of the molecule is CCCNCC(Cc1ccc(Br)cc1)Cc1nc(C)cs1. The normalized spacial score (nSPS) is 12.5. The third-order valence-corrected chi connectivity index (χ3v) is 4.94. The molecule has 0 aliphatic carbocycles. The summed E-state index contributed by atoms with van der Waals surface area (Å²) >= 11 is 5.28. The number of benzene rings is 1. The van der Waals surface area contributed by atoms with Crippen LogP contribution in [-0.2, 0) is 12.8 Å². The van der Waals surface area contributed by atoms with Crippen LogP contribution in [-0.4, -0.2) is 18.1 Å². The summed E-state index contributed by atoms with van der Waals surface area (Å²) in [5.74, 6) is 0.600. The maximum Gasteiger partial charge on any atom is 0.0931 e. The number of nitrogens with one attached hydrogen (secondary N) is 1. The first-order valence-corrected chi connectivity index (χ1v) is 9.20.